The lowest BCUT2D eigenvalue weighted by atomic mass is 10.0. The SMILES string of the molecule is C/C(=N/NC(=O)Cc1cc(C)ccc1C)c1ccc(C)cc1C. The lowest BCUT2D eigenvalue weighted by molar-refractivity contribution is -0.120. The van der Waals surface area contributed by atoms with Crippen molar-refractivity contribution in [2.45, 2.75) is 41.0 Å². The first-order valence-corrected chi connectivity index (χ1v) is 7.83. The van der Waals surface area contributed by atoms with E-state index < -0.39 is 0 Å². The van der Waals surface area contributed by atoms with E-state index in [0.29, 0.717) is 6.42 Å². The molecule has 0 unspecified atom stereocenters. The summed E-state index contributed by atoms with van der Waals surface area (Å²) in [7, 11) is 0. The fourth-order valence-corrected chi connectivity index (χ4v) is 2.63. The molecule has 0 bridgehead atoms. The smallest absolute Gasteiger partial charge is 0.244 e. The van der Waals surface area contributed by atoms with Gasteiger partial charge in [0.05, 0.1) is 12.1 Å². The number of rotatable bonds is 4. The van der Waals surface area contributed by atoms with Crippen molar-refractivity contribution in [3.05, 3.63) is 69.8 Å². The molecule has 1 amide bonds. The van der Waals surface area contributed by atoms with E-state index in [9.17, 15) is 4.79 Å². The second-order valence-corrected chi connectivity index (χ2v) is 6.16. The average Bonchev–Trinajstić information content (AvgIpc) is 2.48. The van der Waals surface area contributed by atoms with E-state index in [4.69, 9.17) is 0 Å². The number of carbonyl (C=O) groups excluding carboxylic acids is 1. The highest BCUT2D eigenvalue weighted by Gasteiger charge is 2.07. The van der Waals surface area contributed by atoms with E-state index in [2.05, 4.69) is 48.6 Å². The molecule has 0 spiro atoms. The van der Waals surface area contributed by atoms with Crippen LogP contribution in [0.25, 0.3) is 0 Å². The molecule has 0 saturated heterocycles. The third-order valence-corrected chi connectivity index (χ3v) is 3.98. The number of hydrazone groups is 1. The van der Waals surface area contributed by atoms with Crippen molar-refractivity contribution in [3.63, 3.8) is 0 Å². The van der Waals surface area contributed by atoms with Crippen LogP contribution in [0.3, 0.4) is 0 Å². The van der Waals surface area contributed by atoms with E-state index in [1.165, 1.54) is 5.56 Å². The molecule has 3 heteroatoms. The summed E-state index contributed by atoms with van der Waals surface area (Å²) in [5.74, 6) is -0.0946. The van der Waals surface area contributed by atoms with Crippen molar-refractivity contribution in [1.82, 2.24) is 5.43 Å². The first-order valence-electron chi connectivity index (χ1n) is 7.83. The Kier molecular flexibility index (Phi) is 5.32. The van der Waals surface area contributed by atoms with Crippen molar-refractivity contribution < 1.29 is 4.79 Å². The standard InChI is InChI=1S/C20H24N2O/c1-13-7-9-19(16(4)10-13)17(5)21-22-20(23)12-18-11-14(2)6-8-15(18)3/h6-11H,12H2,1-5H3,(H,22,23)/b21-17-. The van der Waals surface area contributed by atoms with Gasteiger partial charge in [0, 0.05) is 5.56 Å². The minimum absolute atomic E-state index is 0.0946. The third kappa shape index (κ3) is 4.52. The number of nitrogens with zero attached hydrogens (tertiary/aromatic N) is 1. The van der Waals surface area contributed by atoms with E-state index in [1.54, 1.807) is 0 Å². The maximum atomic E-state index is 12.1. The van der Waals surface area contributed by atoms with Gasteiger partial charge in [0.1, 0.15) is 0 Å². The lowest BCUT2D eigenvalue weighted by Crippen LogP contribution is -2.22. The number of carbonyl (C=O) groups is 1. The van der Waals surface area contributed by atoms with Gasteiger partial charge in [-0.15, -0.1) is 0 Å². The molecule has 2 aromatic rings. The molecule has 3 nitrogen and oxygen atoms in total. The van der Waals surface area contributed by atoms with Crippen molar-refractivity contribution in [2.24, 2.45) is 5.10 Å². The maximum Gasteiger partial charge on any atom is 0.244 e. The van der Waals surface area contributed by atoms with Crippen molar-refractivity contribution in [3.8, 4) is 0 Å². The van der Waals surface area contributed by atoms with Crippen LogP contribution in [0.5, 0.6) is 0 Å². The maximum absolute atomic E-state index is 12.1. The molecule has 0 saturated carbocycles. The molecular weight excluding hydrogens is 284 g/mol. The van der Waals surface area contributed by atoms with Gasteiger partial charge in [-0.1, -0.05) is 47.5 Å². The molecule has 0 aliphatic carbocycles. The average molecular weight is 308 g/mol. The summed E-state index contributed by atoms with van der Waals surface area (Å²) in [6.45, 7) is 10.1. The zero-order valence-electron chi connectivity index (χ0n) is 14.5. The van der Waals surface area contributed by atoms with E-state index in [-0.39, 0.29) is 5.91 Å². The van der Waals surface area contributed by atoms with Gasteiger partial charge in [-0.25, -0.2) is 5.43 Å². The van der Waals surface area contributed by atoms with E-state index >= 15 is 0 Å². The molecule has 0 aliphatic heterocycles. The first kappa shape index (κ1) is 16.9. The highest BCUT2D eigenvalue weighted by molar-refractivity contribution is 6.00. The predicted molar refractivity (Wildman–Crippen MR) is 95.9 cm³/mol. The summed E-state index contributed by atoms with van der Waals surface area (Å²) in [5, 5.41) is 4.25. The molecule has 0 atom stereocenters. The summed E-state index contributed by atoms with van der Waals surface area (Å²) in [6.07, 6.45) is 0.344. The Bertz CT molecular complexity index is 760. The van der Waals surface area contributed by atoms with Crippen LogP contribution < -0.4 is 5.43 Å². The van der Waals surface area contributed by atoms with Crippen LogP contribution in [0.15, 0.2) is 41.5 Å². The molecule has 0 aliphatic rings. The van der Waals surface area contributed by atoms with Crippen LogP contribution >= 0.6 is 0 Å². The minimum atomic E-state index is -0.0946. The second-order valence-electron chi connectivity index (χ2n) is 6.16. The fourth-order valence-electron chi connectivity index (χ4n) is 2.63. The Morgan fingerprint density at radius 2 is 1.61 bits per heavy atom. The number of nitrogens with one attached hydrogen (secondary N) is 1. The topological polar surface area (TPSA) is 41.5 Å². The first-order chi connectivity index (χ1) is 10.9. The highest BCUT2D eigenvalue weighted by atomic mass is 16.2. The monoisotopic (exact) mass is 308 g/mol. The van der Waals surface area contributed by atoms with Crippen molar-refractivity contribution in [2.75, 3.05) is 0 Å². The molecule has 1 N–H and O–H groups in total. The summed E-state index contributed by atoms with van der Waals surface area (Å²) in [5.41, 5.74) is 10.3. The molecule has 2 rings (SSSR count). The molecule has 2 aromatic carbocycles. The Morgan fingerprint density at radius 3 is 2.30 bits per heavy atom. The molecular formula is C20H24N2O. The minimum Gasteiger partial charge on any atom is -0.273 e. The molecule has 0 radical (unpaired) electrons. The Hall–Kier alpha value is -2.42. The fraction of sp³-hybridized carbons (Fsp3) is 0.300. The third-order valence-electron chi connectivity index (χ3n) is 3.98. The molecule has 23 heavy (non-hydrogen) atoms. The zero-order valence-corrected chi connectivity index (χ0v) is 14.5. The van der Waals surface area contributed by atoms with Crippen molar-refractivity contribution in [1.29, 1.82) is 0 Å². The number of hydrogen-bond donors (Lipinski definition) is 1. The quantitative estimate of drug-likeness (QED) is 0.673. The Balaban J connectivity index is 2.06. The summed E-state index contributed by atoms with van der Waals surface area (Å²) >= 11 is 0. The predicted octanol–water partition coefficient (Wildman–Crippen LogP) is 4.00. The van der Waals surface area contributed by atoms with E-state index in [1.807, 2.05) is 32.9 Å². The zero-order chi connectivity index (χ0) is 17.0. The van der Waals surface area contributed by atoms with Crippen LogP contribution in [0.2, 0.25) is 0 Å². The van der Waals surface area contributed by atoms with Crippen LogP contribution in [-0.2, 0) is 11.2 Å². The van der Waals surface area contributed by atoms with Gasteiger partial charge in [-0.2, -0.15) is 5.10 Å². The van der Waals surface area contributed by atoms with Gasteiger partial charge < -0.3 is 0 Å². The normalized spacial score (nSPS) is 11.4. The molecule has 0 heterocycles. The van der Waals surface area contributed by atoms with Gasteiger partial charge in [-0.05, 0) is 51.3 Å². The van der Waals surface area contributed by atoms with Crippen LogP contribution in [0, 0.1) is 27.7 Å². The number of amides is 1. The Labute approximate surface area is 138 Å². The highest BCUT2D eigenvalue weighted by Crippen LogP contribution is 2.12. The summed E-state index contributed by atoms with van der Waals surface area (Å²) in [4.78, 5) is 12.1. The van der Waals surface area contributed by atoms with Gasteiger partial charge in [0.25, 0.3) is 0 Å². The van der Waals surface area contributed by atoms with Crippen LogP contribution in [-0.4, -0.2) is 11.6 Å². The van der Waals surface area contributed by atoms with Crippen molar-refractivity contribution >= 4 is 11.6 Å². The van der Waals surface area contributed by atoms with E-state index in [0.717, 1.165) is 33.5 Å². The van der Waals surface area contributed by atoms with Gasteiger partial charge in [-0.3, -0.25) is 4.79 Å². The number of benzene rings is 2. The second kappa shape index (κ2) is 7.23. The summed E-state index contributed by atoms with van der Waals surface area (Å²) in [6, 6.07) is 12.4. The number of aryl methyl sites for hydroxylation is 4. The number of hydrogen-bond acceptors (Lipinski definition) is 2. The van der Waals surface area contributed by atoms with Gasteiger partial charge in [0.15, 0.2) is 0 Å². The summed E-state index contributed by atoms with van der Waals surface area (Å²) < 4.78 is 0. The molecule has 0 fully saturated rings. The van der Waals surface area contributed by atoms with Gasteiger partial charge >= 0.3 is 0 Å². The van der Waals surface area contributed by atoms with Crippen LogP contribution in [0.1, 0.15) is 40.3 Å². The molecule has 120 valence electrons. The lowest BCUT2D eigenvalue weighted by Gasteiger charge is -2.08. The van der Waals surface area contributed by atoms with Gasteiger partial charge in [0.2, 0.25) is 5.91 Å². The van der Waals surface area contributed by atoms with Crippen LogP contribution in [0.4, 0.5) is 0 Å². The Morgan fingerprint density at radius 1 is 0.957 bits per heavy atom. The largest absolute Gasteiger partial charge is 0.273 e. The molecule has 0 aromatic heterocycles.